The predicted molar refractivity (Wildman–Crippen MR) is 124 cm³/mol. The van der Waals surface area contributed by atoms with E-state index in [9.17, 15) is 9.59 Å². The van der Waals surface area contributed by atoms with Gasteiger partial charge in [0.25, 0.3) is 5.91 Å². The Kier molecular flexibility index (Phi) is 5.71. The summed E-state index contributed by atoms with van der Waals surface area (Å²) in [6, 6.07) is 17.3. The fourth-order valence-electron chi connectivity index (χ4n) is 3.88. The van der Waals surface area contributed by atoms with Crippen LogP contribution < -0.4 is 5.32 Å². The molecule has 0 radical (unpaired) electrons. The first-order valence-electron chi connectivity index (χ1n) is 10.5. The second kappa shape index (κ2) is 8.60. The Labute approximate surface area is 181 Å². The fraction of sp³-hybridized carbons (Fsp3) is 0.240. The third kappa shape index (κ3) is 4.14. The smallest absolute Gasteiger partial charge is 0.257 e. The number of fused-ring (bicyclic) bond motifs is 2. The van der Waals surface area contributed by atoms with Crippen molar-refractivity contribution in [2.75, 3.05) is 18.4 Å². The van der Waals surface area contributed by atoms with Crippen LogP contribution in [0.4, 0.5) is 5.69 Å². The summed E-state index contributed by atoms with van der Waals surface area (Å²) in [7, 11) is 0. The number of rotatable bonds is 6. The third-order valence-electron chi connectivity index (χ3n) is 5.61. The number of amides is 2. The standard InChI is InChI=1S/C25H26N4O2/c1-4-28(5-2)24(30)16-29-13-12-19-14-20(10-11-23(19)29)27-25(31)21-15-18-8-6-7-9-22(18)26-17(21)3/h6-15H,4-5,16H2,1-3H3,(H,27,31). The minimum Gasteiger partial charge on any atom is -0.342 e. The Balaban J connectivity index is 1.55. The number of likely N-dealkylation sites (N-methyl/N-ethyl adjacent to an activating group) is 1. The molecule has 0 atom stereocenters. The van der Waals surface area contributed by atoms with Crippen LogP contribution in [0.5, 0.6) is 0 Å². The largest absolute Gasteiger partial charge is 0.342 e. The van der Waals surface area contributed by atoms with E-state index in [0.717, 1.165) is 21.8 Å². The number of anilines is 1. The summed E-state index contributed by atoms with van der Waals surface area (Å²) < 4.78 is 1.94. The minimum atomic E-state index is -0.189. The van der Waals surface area contributed by atoms with Gasteiger partial charge in [-0.2, -0.15) is 0 Å². The Morgan fingerprint density at radius 2 is 1.77 bits per heavy atom. The van der Waals surface area contributed by atoms with E-state index in [1.54, 1.807) is 0 Å². The third-order valence-corrected chi connectivity index (χ3v) is 5.61. The van der Waals surface area contributed by atoms with Crippen molar-refractivity contribution in [2.45, 2.75) is 27.3 Å². The van der Waals surface area contributed by atoms with E-state index in [0.29, 0.717) is 36.6 Å². The molecule has 0 unspecified atom stereocenters. The van der Waals surface area contributed by atoms with Crippen LogP contribution in [0.2, 0.25) is 0 Å². The number of nitrogens with one attached hydrogen (secondary N) is 1. The van der Waals surface area contributed by atoms with Gasteiger partial charge >= 0.3 is 0 Å². The molecule has 0 fully saturated rings. The summed E-state index contributed by atoms with van der Waals surface area (Å²) in [6.45, 7) is 7.52. The van der Waals surface area contributed by atoms with E-state index in [1.165, 1.54) is 0 Å². The van der Waals surface area contributed by atoms with Gasteiger partial charge in [-0.3, -0.25) is 14.6 Å². The molecule has 31 heavy (non-hydrogen) atoms. The first-order chi connectivity index (χ1) is 15.0. The molecule has 2 amide bonds. The number of carbonyl (C=O) groups is 2. The van der Waals surface area contributed by atoms with Crippen LogP contribution in [-0.2, 0) is 11.3 Å². The fourth-order valence-corrected chi connectivity index (χ4v) is 3.88. The number of hydrogen-bond acceptors (Lipinski definition) is 3. The number of nitrogens with zero attached hydrogens (tertiary/aromatic N) is 3. The van der Waals surface area contributed by atoms with Crippen LogP contribution in [0.25, 0.3) is 21.8 Å². The lowest BCUT2D eigenvalue weighted by Crippen LogP contribution is -2.33. The van der Waals surface area contributed by atoms with Crippen LogP contribution in [0.15, 0.2) is 60.8 Å². The van der Waals surface area contributed by atoms with Crippen molar-refractivity contribution in [2.24, 2.45) is 0 Å². The average molecular weight is 415 g/mol. The highest BCUT2D eigenvalue weighted by Gasteiger charge is 2.14. The molecular weight excluding hydrogens is 388 g/mol. The number of benzene rings is 2. The Bertz CT molecular complexity index is 1270. The van der Waals surface area contributed by atoms with Crippen molar-refractivity contribution in [3.8, 4) is 0 Å². The Hall–Kier alpha value is -3.67. The van der Waals surface area contributed by atoms with Crippen LogP contribution in [0.3, 0.4) is 0 Å². The number of pyridine rings is 1. The molecule has 4 rings (SSSR count). The zero-order valence-electron chi connectivity index (χ0n) is 18.1. The van der Waals surface area contributed by atoms with Gasteiger partial charge in [-0.15, -0.1) is 0 Å². The molecular formula is C25H26N4O2. The topological polar surface area (TPSA) is 67.2 Å². The van der Waals surface area contributed by atoms with Crippen LogP contribution >= 0.6 is 0 Å². The van der Waals surface area contributed by atoms with E-state index >= 15 is 0 Å². The number of para-hydroxylation sites is 1. The number of carbonyl (C=O) groups excluding carboxylic acids is 2. The molecule has 158 valence electrons. The van der Waals surface area contributed by atoms with Gasteiger partial charge in [0.2, 0.25) is 5.91 Å². The normalized spacial score (nSPS) is 11.1. The predicted octanol–water partition coefficient (Wildman–Crippen LogP) is 4.62. The zero-order chi connectivity index (χ0) is 22.0. The van der Waals surface area contributed by atoms with Crippen LogP contribution in [0.1, 0.15) is 29.9 Å². The molecule has 6 nitrogen and oxygen atoms in total. The molecule has 0 aliphatic heterocycles. The first-order valence-corrected chi connectivity index (χ1v) is 10.5. The van der Waals surface area contributed by atoms with E-state index in [1.807, 2.05) is 91.0 Å². The molecule has 6 heteroatoms. The molecule has 0 bridgehead atoms. The lowest BCUT2D eigenvalue weighted by atomic mass is 10.1. The number of hydrogen-bond donors (Lipinski definition) is 1. The molecule has 0 saturated heterocycles. The van der Waals surface area contributed by atoms with Crippen LogP contribution in [0, 0.1) is 6.92 Å². The summed E-state index contributed by atoms with van der Waals surface area (Å²) in [4.78, 5) is 31.7. The highest BCUT2D eigenvalue weighted by Crippen LogP contribution is 2.22. The van der Waals surface area contributed by atoms with Crippen molar-refractivity contribution in [1.82, 2.24) is 14.5 Å². The van der Waals surface area contributed by atoms with Gasteiger partial charge in [0.05, 0.1) is 16.8 Å². The molecule has 0 spiro atoms. The number of aryl methyl sites for hydroxylation is 1. The lowest BCUT2D eigenvalue weighted by Gasteiger charge is -2.19. The van der Waals surface area contributed by atoms with Gasteiger partial charge in [-0.05, 0) is 57.2 Å². The summed E-state index contributed by atoms with van der Waals surface area (Å²) >= 11 is 0. The van der Waals surface area contributed by atoms with Gasteiger partial charge in [0.15, 0.2) is 0 Å². The van der Waals surface area contributed by atoms with Gasteiger partial charge < -0.3 is 14.8 Å². The second-order valence-electron chi connectivity index (χ2n) is 7.55. The summed E-state index contributed by atoms with van der Waals surface area (Å²) in [6.07, 6.45) is 1.91. The molecule has 2 aromatic carbocycles. The van der Waals surface area contributed by atoms with Gasteiger partial charge in [-0.25, -0.2) is 0 Å². The lowest BCUT2D eigenvalue weighted by molar-refractivity contribution is -0.131. The zero-order valence-corrected chi connectivity index (χ0v) is 18.1. The van der Waals surface area contributed by atoms with Gasteiger partial charge in [-0.1, -0.05) is 18.2 Å². The molecule has 0 aliphatic rings. The van der Waals surface area contributed by atoms with Gasteiger partial charge in [0, 0.05) is 41.3 Å². The summed E-state index contributed by atoms with van der Waals surface area (Å²) in [5.74, 6) is -0.0922. The Morgan fingerprint density at radius 1 is 1.00 bits per heavy atom. The van der Waals surface area contributed by atoms with Gasteiger partial charge in [0.1, 0.15) is 6.54 Å². The molecule has 0 aliphatic carbocycles. The van der Waals surface area contributed by atoms with Crippen molar-refractivity contribution in [3.05, 3.63) is 72.1 Å². The van der Waals surface area contributed by atoms with E-state index in [-0.39, 0.29) is 11.8 Å². The van der Waals surface area contributed by atoms with Crippen molar-refractivity contribution in [3.63, 3.8) is 0 Å². The van der Waals surface area contributed by atoms with Crippen molar-refractivity contribution >= 4 is 39.3 Å². The highest BCUT2D eigenvalue weighted by atomic mass is 16.2. The SMILES string of the molecule is CCN(CC)C(=O)Cn1ccc2cc(NC(=O)c3cc4ccccc4nc3C)ccc21. The molecule has 2 aromatic heterocycles. The summed E-state index contributed by atoms with van der Waals surface area (Å²) in [5, 5.41) is 4.88. The molecule has 1 N–H and O–H groups in total. The van der Waals surface area contributed by atoms with E-state index in [2.05, 4.69) is 10.3 Å². The van der Waals surface area contributed by atoms with Crippen molar-refractivity contribution in [1.29, 1.82) is 0 Å². The molecule has 4 aromatic rings. The maximum absolute atomic E-state index is 12.9. The quantitative estimate of drug-likeness (QED) is 0.501. The highest BCUT2D eigenvalue weighted by molar-refractivity contribution is 6.07. The minimum absolute atomic E-state index is 0.0964. The maximum Gasteiger partial charge on any atom is 0.257 e. The first kappa shape index (κ1) is 20.6. The monoisotopic (exact) mass is 414 g/mol. The Morgan fingerprint density at radius 3 is 2.55 bits per heavy atom. The van der Waals surface area contributed by atoms with E-state index in [4.69, 9.17) is 0 Å². The average Bonchev–Trinajstić information content (AvgIpc) is 3.16. The van der Waals surface area contributed by atoms with Crippen LogP contribution in [-0.4, -0.2) is 39.4 Å². The molecule has 2 heterocycles. The van der Waals surface area contributed by atoms with Crippen molar-refractivity contribution < 1.29 is 9.59 Å². The summed E-state index contributed by atoms with van der Waals surface area (Å²) in [5.41, 5.74) is 3.79. The molecule has 0 saturated carbocycles. The van der Waals surface area contributed by atoms with E-state index < -0.39 is 0 Å². The second-order valence-corrected chi connectivity index (χ2v) is 7.55. The maximum atomic E-state index is 12.9. The number of aromatic nitrogens is 2.